The molecule has 0 radical (unpaired) electrons. The number of likely N-dealkylation sites (tertiary alicyclic amines) is 1. The standard InChI is InChI=1S/C18H32N4O2/c1-13-16(9-6-10-19)14(2)22(20-13)15-8-7-11-21(12-15)17(23)24-18(3,4)5/h15H,6-12,19H2,1-5H3. The first-order valence-electron chi connectivity index (χ1n) is 8.95. The second kappa shape index (κ2) is 7.55. The summed E-state index contributed by atoms with van der Waals surface area (Å²) in [7, 11) is 0. The third-order valence-electron chi connectivity index (χ3n) is 4.50. The Hall–Kier alpha value is -1.56. The molecule has 2 heterocycles. The zero-order valence-electron chi connectivity index (χ0n) is 15.8. The van der Waals surface area contributed by atoms with E-state index >= 15 is 0 Å². The van der Waals surface area contributed by atoms with Gasteiger partial charge in [-0.2, -0.15) is 5.10 Å². The van der Waals surface area contributed by atoms with Crippen LogP contribution >= 0.6 is 0 Å². The lowest BCUT2D eigenvalue weighted by molar-refractivity contribution is 0.0166. The van der Waals surface area contributed by atoms with Crippen LogP contribution in [-0.2, 0) is 11.2 Å². The van der Waals surface area contributed by atoms with E-state index in [2.05, 4.69) is 18.5 Å². The lowest BCUT2D eigenvalue weighted by Gasteiger charge is -2.34. The van der Waals surface area contributed by atoms with Crippen molar-refractivity contribution in [1.82, 2.24) is 14.7 Å². The highest BCUT2D eigenvalue weighted by atomic mass is 16.6. The van der Waals surface area contributed by atoms with Crippen molar-refractivity contribution >= 4 is 6.09 Å². The Bertz CT molecular complexity index is 574. The van der Waals surface area contributed by atoms with Crippen LogP contribution in [0.4, 0.5) is 4.79 Å². The van der Waals surface area contributed by atoms with E-state index in [9.17, 15) is 4.79 Å². The number of nitrogens with two attached hydrogens (primary N) is 1. The molecule has 1 aromatic heterocycles. The van der Waals surface area contributed by atoms with Gasteiger partial charge in [-0.1, -0.05) is 0 Å². The van der Waals surface area contributed by atoms with Gasteiger partial charge in [-0.05, 0) is 72.4 Å². The Morgan fingerprint density at radius 2 is 2.08 bits per heavy atom. The van der Waals surface area contributed by atoms with Gasteiger partial charge in [-0.3, -0.25) is 4.68 Å². The molecule has 24 heavy (non-hydrogen) atoms. The molecule has 0 aromatic carbocycles. The van der Waals surface area contributed by atoms with Crippen LogP contribution in [0.3, 0.4) is 0 Å². The van der Waals surface area contributed by atoms with E-state index in [1.165, 1.54) is 11.3 Å². The molecule has 0 spiro atoms. The van der Waals surface area contributed by atoms with Gasteiger partial charge in [0.1, 0.15) is 5.60 Å². The number of hydrogen-bond donors (Lipinski definition) is 1. The van der Waals surface area contributed by atoms with Gasteiger partial charge in [0.05, 0.1) is 11.7 Å². The third kappa shape index (κ3) is 4.50. The Labute approximate surface area is 145 Å². The van der Waals surface area contributed by atoms with Crippen molar-refractivity contribution in [2.24, 2.45) is 5.73 Å². The second-order valence-electron chi connectivity index (χ2n) is 7.71. The van der Waals surface area contributed by atoms with Crippen molar-refractivity contribution in [2.45, 2.75) is 71.9 Å². The Morgan fingerprint density at radius 3 is 2.71 bits per heavy atom. The summed E-state index contributed by atoms with van der Waals surface area (Å²) in [6.45, 7) is 12.0. The van der Waals surface area contributed by atoms with Crippen LogP contribution in [-0.4, -0.2) is 46.0 Å². The monoisotopic (exact) mass is 336 g/mol. The van der Waals surface area contributed by atoms with Crippen molar-refractivity contribution in [1.29, 1.82) is 0 Å². The number of piperidine rings is 1. The highest BCUT2D eigenvalue weighted by Crippen LogP contribution is 2.26. The number of rotatable bonds is 4. The van der Waals surface area contributed by atoms with Gasteiger partial charge in [0.2, 0.25) is 0 Å². The molecule has 1 aliphatic rings. The van der Waals surface area contributed by atoms with Crippen molar-refractivity contribution in [2.75, 3.05) is 19.6 Å². The van der Waals surface area contributed by atoms with E-state index in [1.54, 1.807) is 0 Å². The maximum Gasteiger partial charge on any atom is 0.410 e. The lowest BCUT2D eigenvalue weighted by Crippen LogP contribution is -2.43. The van der Waals surface area contributed by atoms with Gasteiger partial charge in [-0.25, -0.2) is 4.79 Å². The summed E-state index contributed by atoms with van der Waals surface area (Å²) in [5.41, 5.74) is 8.77. The van der Waals surface area contributed by atoms with E-state index in [-0.39, 0.29) is 12.1 Å². The molecule has 1 aliphatic heterocycles. The minimum absolute atomic E-state index is 0.219. The number of amides is 1. The van der Waals surface area contributed by atoms with Gasteiger partial charge in [0.15, 0.2) is 0 Å². The number of nitrogens with zero attached hydrogens (tertiary/aromatic N) is 3. The number of carbonyl (C=O) groups is 1. The largest absolute Gasteiger partial charge is 0.444 e. The van der Waals surface area contributed by atoms with Crippen LogP contribution in [0.15, 0.2) is 0 Å². The molecule has 0 bridgehead atoms. The van der Waals surface area contributed by atoms with Crippen molar-refractivity contribution in [3.8, 4) is 0 Å². The summed E-state index contributed by atoms with van der Waals surface area (Å²) < 4.78 is 7.63. The van der Waals surface area contributed by atoms with Gasteiger partial charge in [0, 0.05) is 18.8 Å². The average Bonchev–Trinajstić information content (AvgIpc) is 2.78. The van der Waals surface area contributed by atoms with Crippen molar-refractivity contribution in [3.63, 3.8) is 0 Å². The van der Waals surface area contributed by atoms with E-state index in [4.69, 9.17) is 15.6 Å². The van der Waals surface area contributed by atoms with Gasteiger partial charge < -0.3 is 15.4 Å². The molecular formula is C18H32N4O2. The first-order chi connectivity index (χ1) is 11.2. The van der Waals surface area contributed by atoms with Gasteiger partial charge in [0.25, 0.3) is 0 Å². The van der Waals surface area contributed by atoms with Crippen LogP contribution in [0.25, 0.3) is 0 Å². The van der Waals surface area contributed by atoms with Gasteiger partial charge >= 0.3 is 6.09 Å². The quantitative estimate of drug-likeness (QED) is 0.917. The SMILES string of the molecule is Cc1nn(C2CCCN(C(=O)OC(C)(C)C)C2)c(C)c1CCCN. The molecular weight excluding hydrogens is 304 g/mol. The van der Waals surface area contributed by atoms with Crippen LogP contribution in [0, 0.1) is 13.8 Å². The number of ether oxygens (including phenoxy) is 1. The fourth-order valence-electron chi connectivity index (χ4n) is 3.34. The van der Waals surface area contributed by atoms with E-state index in [0.717, 1.165) is 37.9 Å². The predicted octanol–water partition coefficient (Wildman–Crippen LogP) is 2.96. The van der Waals surface area contributed by atoms with E-state index in [1.807, 2.05) is 25.7 Å². The molecule has 1 fully saturated rings. The van der Waals surface area contributed by atoms with E-state index in [0.29, 0.717) is 13.1 Å². The van der Waals surface area contributed by atoms with Crippen LogP contribution in [0.5, 0.6) is 0 Å². The first-order valence-corrected chi connectivity index (χ1v) is 8.95. The second-order valence-corrected chi connectivity index (χ2v) is 7.71. The van der Waals surface area contributed by atoms with Crippen molar-refractivity contribution in [3.05, 3.63) is 17.0 Å². The lowest BCUT2D eigenvalue weighted by atomic mass is 10.0. The highest BCUT2D eigenvalue weighted by molar-refractivity contribution is 5.68. The molecule has 0 aliphatic carbocycles. The predicted molar refractivity (Wildman–Crippen MR) is 95.2 cm³/mol. The van der Waals surface area contributed by atoms with Gasteiger partial charge in [-0.15, -0.1) is 0 Å². The fourth-order valence-corrected chi connectivity index (χ4v) is 3.34. The molecule has 2 N–H and O–H groups in total. The topological polar surface area (TPSA) is 73.4 Å². The maximum atomic E-state index is 12.3. The van der Waals surface area contributed by atoms with Crippen LogP contribution in [0.1, 0.15) is 63.0 Å². The summed E-state index contributed by atoms with van der Waals surface area (Å²) in [6, 6.07) is 0.219. The number of hydrogen-bond acceptors (Lipinski definition) is 4. The fraction of sp³-hybridized carbons (Fsp3) is 0.778. The zero-order valence-corrected chi connectivity index (χ0v) is 15.8. The molecule has 1 atom stereocenters. The molecule has 1 amide bonds. The molecule has 2 rings (SSSR count). The molecule has 6 nitrogen and oxygen atoms in total. The van der Waals surface area contributed by atoms with Crippen molar-refractivity contribution < 1.29 is 9.53 Å². The zero-order chi connectivity index (χ0) is 17.9. The summed E-state index contributed by atoms with van der Waals surface area (Å²) in [5, 5.41) is 4.75. The molecule has 1 unspecified atom stereocenters. The van der Waals surface area contributed by atoms with Crippen LogP contribution in [0.2, 0.25) is 0 Å². The minimum Gasteiger partial charge on any atom is -0.444 e. The number of aryl methyl sites for hydroxylation is 1. The third-order valence-corrected chi connectivity index (χ3v) is 4.50. The minimum atomic E-state index is -0.461. The normalized spacial score (nSPS) is 18.8. The highest BCUT2D eigenvalue weighted by Gasteiger charge is 2.30. The average molecular weight is 336 g/mol. The first kappa shape index (κ1) is 18.8. The summed E-state index contributed by atoms with van der Waals surface area (Å²) >= 11 is 0. The summed E-state index contributed by atoms with van der Waals surface area (Å²) in [4.78, 5) is 14.2. The maximum absolute atomic E-state index is 12.3. The number of carbonyl (C=O) groups excluding carboxylic acids is 1. The Kier molecular flexibility index (Phi) is 5.91. The Morgan fingerprint density at radius 1 is 1.38 bits per heavy atom. The molecule has 6 heteroatoms. The smallest absolute Gasteiger partial charge is 0.410 e. The molecule has 136 valence electrons. The van der Waals surface area contributed by atoms with Crippen LogP contribution < -0.4 is 5.73 Å². The summed E-state index contributed by atoms with van der Waals surface area (Å²) in [6.07, 6.45) is 3.73. The Balaban J connectivity index is 2.11. The molecule has 0 saturated carbocycles. The van der Waals surface area contributed by atoms with E-state index < -0.39 is 5.60 Å². The summed E-state index contributed by atoms with van der Waals surface area (Å²) in [5.74, 6) is 0. The number of aromatic nitrogens is 2. The molecule has 1 saturated heterocycles. The molecule has 1 aromatic rings.